The van der Waals surface area contributed by atoms with Crippen LogP contribution in [0, 0.1) is 17.8 Å². The van der Waals surface area contributed by atoms with Crippen molar-refractivity contribution in [2.75, 3.05) is 19.6 Å². The molecule has 110 valence electrons. The summed E-state index contributed by atoms with van der Waals surface area (Å²) in [7, 11) is 0. The van der Waals surface area contributed by atoms with Gasteiger partial charge in [-0.15, -0.1) is 0 Å². The highest BCUT2D eigenvalue weighted by Crippen LogP contribution is 2.37. The van der Waals surface area contributed by atoms with Crippen molar-refractivity contribution < 1.29 is 0 Å². The summed E-state index contributed by atoms with van der Waals surface area (Å²) in [5.74, 6) is 2.88. The largest absolute Gasteiger partial charge is 0.324 e. The van der Waals surface area contributed by atoms with Crippen LogP contribution in [0.25, 0.3) is 0 Å². The Bertz CT molecular complexity index is 304. The maximum absolute atomic E-state index is 6.71. The molecule has 1 saturated heterocycles. The average molecular weight is 264 g/mol. The van der Waals surface area contributed by atoms with Gasteiger partial charge in [-0.05, 0) is 50.0 Å². The number of hydrogen-bond acceptors (Lipinski definition) is 2. The molecule has 2 heteroatoms. The minimum Gasteiger partial charge on any atom is -0.324 e. The molecule has 3 fully saturated rings. The molecule has 1 aliphatic heterocycles. The lowest BCUT2D eigenvalue weighted by molar-refractivity contribution is 0.0584. The van der Waals surface area contributed by atoms with Crippen molar-refractivity contribution in [2.24, 2.45) is 23.5 Å². The van der Waals surface area contributed by atoms with Crippen LogP contribution >= 0.6 is 0 Å². The highest BCUT2D eigenvalue weighted by molar-refractivity contribution is 4.94. The van der Waals surface area contributed by atoms with Crippen LogP contribution in [0.5, 0.6) is 0 Å². The number of nitrogens with zero attached hydrogens (tertiary/aromatic N) is 1. The second kappa shape index (κ2) is 5.73. The van der Waals surface area contributed by atoms with Gasteiger partial charge in [0.1, 0.15) is 0 Å². The molecule has 2 saturated carbocycles. The Hall–Kier alpha value is -0.0800. The van der Waals surface area contributed by atoms with Gasteiger partial charge in [-0.25, -0.2) is 0 Å². The lowest BCUT2D eigenvalue weighted by atomic mass is 9.73. The molecule has 4 atom stereocenters. The fourth-order valence-corrected chi connectivity index (χ4v) is 5.11. The Morgan fingerprint density at radius 2 is 1.84 bits per heavy atom. The van der Waals surface area contributed by atoms with E-state index in [1.54, 1.807) is 0 Å². The van der Waals surface area contributed by atoms with Crippen molar-refractivity contribution in [1.82, 2.24) is 4.90 Å². The molecule has 0 radical (unpaired) electrons. The van der Waals surface area contributed by atoms with Gasteiger partial charge < -0.3 is 10.6 Å². The van der Waals surface area contributed by atoms with Crippen LogP contribution in [0.15, 0.2) is 0 Å². The molecule has 0 amide bonds. The molecule has 0 aromatic rings. The maximum atomic E-state index is 6.71. The van der Waals surface area contributed by atoms with Crippen molar-refractivity contribution in [2.45, 2.75) is 70.3 Å². The van der Waals surface area contributed by atoms with E-state index in [4.69, 9.17) is 5.73 Å². The summed E-state index contributed by atoms with van der Waals surface area (Å²) in [5, 5.41) is 0. The van der Waals surface area contributed by atoms with E-state index in [9.17, 15) is 0 Å². The van der Waals surface area contributed by atoms with Gasteiger partial charge in [0.05, 0.1) is 0 Å². The fourth-order valence-electron chi connectivity index (χ4n) is 5.11. The maximum Gasteiger partial charge on any atom is 0.0285 e. The van der Waals surface area contributed by atoms with Crippen molar-refractivity contribution in [3.05, 3.63) is 0 Å². The predicted octanol–water partition coefficient (Wildman–Crippen LogP) is 3.41. The van der Waals surface area contributed by atoms with Gasteiger partial charge in [-0.2, -0.15) is 0 Å². The fraction of sp³-hybridized carbons (Fsp3) is 1.00. The second-order valence-corrected chi connectivity index (χ2v) is 7.89. The molecule has 0 aromatic heterocycles. The first kappa shape index (κ1) is 13.9. The molecule has 2 N–H and O–H groups in total. The molecule has 1 heterocycles. The van der Waals surface area contributed by atoms with Crippen molar-refractivity contribution >= 4 is 0 Å². The minimum absolute atomic E-state index is 0.124. The highest BCUT2D eigenvalue weighted by atomic mass is 15.2. The number of nitrogens with two attached hydrogens (primary N) is 1. The Kier molecular flexibility index (Phi) is 4.19. The van der Waals surface area contributed by atoms with Crippen LogP contribution < -0.4 is 5.73 Å². The second-order valence-electron chi connectivity index (χ2n) is 7.89. The molecule has 2 nitrogen and oxygen atoms in total. The summed E-state index contributed by atoms with van der Waals surface area (Å²) in [6.07, 6.45) is 12.6. The molecular weight excluding hydrogens is 232 g/mol. The summed E-state index contributed by atoms with van der Waals surface area (Å²) in [4.78, 5) is 2.71. The third-order valence-corrected chi connectivity index (χ3v) is 6.04. The third kappa shape index (κ3) is 3.33. The van der Waals surface area contributed by atoms with Crippen LogP contribution in [0.1, 0.15) is 64.7 Å². The first-order chi connectivity index (χ1) is 9.15. The van der Waals surface area contributed by atoms with Crippen LogP contribution in [-0.2, 0) is 0 Å². The summed E-state index contributed by atoms with van der Waals surface area (Å²) >= 11 is 0. The number of piperidine rings is 1. The number of fused-ring (bicyclic) bond motifs is 1. The van der Waals surface area contributed by atoms with E-state index in [-0.39, 0.29) is 5.54 Å². The Labute approximate surface area is 119 Å². The predicted molar refractivity (Wildman–Crippen MR) is 81.1 cm³/mol. The number of hydrogen-bond donors (Lipinski definition) is 1. The van der Waals surface area contributed by atoms with Gasteiger partial charge in [0.15, 0.2) is 0 Å². The van der Waals surface area contributed by atoms with E-state index >= 15 is 0 Å². The SMILES string of the molecule is CC1CCCC(N)(CN2CCC3CCCCC3C2)C1. The summed E-state index contributed by atoms with van der Waals surface area (Å²) < 4.78 is 0. The molecule has 3 rings (SSSR count). The summed E-state index contributed by atoms with van der Waals surface area (Å²) in [6, 6.07) is 0. The van der Waals surface area contributed by atoms with Crippen molar-refractivity contribution in [3.63, 3.8) is 0 Å². The highest BCUT2D eigenvalue weighted by Gasteiger charge is 2.36. The van der Waals surface area contributed by atoms with E-state index < -0.39 is 0 Å². The zero-order valence-electron chi connectivity index (χ0n) is 12.7. The molecule has 0 bridgehead atoms. The van der Waals surface area contributed by atoms with E-state index in [0.29, 0.717) is 0 Å². The number of likely N-dealkylation sites (tertiary alicyclic amines) is 1. The van der Waals surface area contributed by atoms with Crippen molar-refractivity contribution in [1.29, 1.82) is 0 Å². The Morgan fingerprint density at radius 1 is 1.05 bits per heavy atom. The lowest BCUT2D eigenvalue weighted by Crippen LogP contribution is -2.55. The zero-order valence-corrected chi connectivity index (χ0v) is 12.7. The first-order valence-electron chi connectivity index (χ1n) is 8.66. The Balaban J connectivity index is 1.55. The average Bonchev–Trinajstić information content (AvgIpc) is 2.38. The molecule has 0 spiro atoms. The van der Waals surface area contributed by atoms with Crippen LogP contribution in [0.2, 0.25) is 0 Å². The molecule has 2 aliphatic carbocycles. The van der Waals surface area contributed by atoms with Gasteiger partial charge in [0.25, 0.3) is 0 Å². The molecule has 3 aliphatic rings. The van der Waals surface area contributed by atoms with Crippen molar-refractivity contribution in [3.8, 4) is 0 Å². The van der Waals surface area contributed by atoms with Gasteiger partial charge in [-0.1, -0.05) is 39.0 Å². The zero-order chi connectivity index (χ0) is 13.3. The van der Waals surface area contributed by atoms with E-state index in [1.165, 1.54) is 77.4 Å². The van der Waals surface area contributed by atoms with Crippen LogP contribution in [0.3, 0.4) is 0 Å². The normalized spacial score (nSPS) is 44.8. The number of rotatable bonds is 2. The Morgan fingerprint density at radius 3 is 2.63 bits per heavy atom. The minimum atomic E-state index is 0.124. The topological polar surface area (TPSA) is 29.3 Å². The molecule has 0 aromatic carbocycles. The monoisotopic (exact) mass is 264 g/mol. The van der Waals surface area contributed by atoms with Gasteiger partial charge in [-0.3, -0.25) is 0 Å². The smallest absolute Gasteiger partial charge is 0.0285 e. The molecule has 19 heavy (non-hydrogen) atoms. The van der Waals surface area contributed by atoms with E-state index in [0.717, 1.165) is 17.8 Å². The molecule has 4 unspecified atom stereocenters. The quantitative estimate of drug-likeness (QED) is 0.828. The van der Waals surface area contributed by atoms with Gasteiger partial charge in [0.2, 0.25) is 0 Å². The first-order valence-corrected chi connectivity index (χ1v) is 8.66. The summed E-state index contributed by atoms with van der Waals surface area (Å²) in [6.45, 7) is 6.21. The standard InChI is InChI=1S/C17H32N2/c1-14-5-4-9-17(18,11-14)13-19-10-8-15-6-2-3-7-16(15)12-19/h14-16H,2-13,18H2,1H3. The van der Waals surface area contributed by atoms with E-state index in [2.05, 4.69) is 11.8 Å². The third-order valence-electron chi connectivity index (χ3n) is 6.04. The van der Waals surface area contributed by atoms with Crippen LogP contribution in [0.4, 0.5) is 0 Å². The van der Waals surface area contributed by atoms with E-state index in [1.807, 2.05) is 0 Å². The van der Waals surface area contributed by atoms with Gasteiger partial charge >= 0.3 is 0 Å². The van der Waals surface area contributed by atoms with Crippen LogP contribution in [-0.4, -0.2) is 30.1 Å². The molecular formula is C17H32N2. The van der Waals surface area contributed by atoms with Gasteiger partial charge in [0, 0.05) is 18.6 Å². The lowest BCUT2D eigenvalue weighted by Gasteiger charge is -2.46. The summed E-state index contributed by atoms with van der Waals surface area (Å²) in [5.41, 5.74) is 6.83.